The number of aliphatic hydroxyl groups is 8. The van der Waals surface area contributed by atoms with Crippen molar-refractivity contribution in [1.29, 1.82) is 0 Å². The van der Waals surface area contributed by atoms with Crippen molar-refractivity contribution in [1.82, 2.24) is 5.32 Å². The Morgan fingerprint density at radius 2 is 0.744 bits per heavy atom. The summed E-state index contributed by atoms with van der Waals surface area (Å²) in [4.78, 5) is 13.3. The zero-order chi connectivity index (χ0) is 65.2. The highest BCUT2D eigenvalue weighted by Crippen LogP contribution is 2.30. The minimum Gasteiger partial charge on any atom is -0.394 e. The van der Waals surface area contributed by atoms with Gasteiger partial charge in [0.05, 0.1) is 32.0 Å². The summed E-state index contributed by atoms with van der Waals surface area (Å²) in [7, 11) is 0. The molecule has 0 aromatic carbocycles. The van der Waals surface area contributed by atoms with Gasteiger partial charge in [-0.3, -0.25) is 4.79 Å². The number of ether oxygens (including phenoxy) is 4. The number of carbonyl (C=O) groups is 1. The van der Waals surface area contributed by atoms with E-state index in [0.717, 1.165) is 57.8 Å². The molecule has 12 unspecified atom stereocenters. The van der Waals surface area contributed by atoms with Crippen molar-refractivity contribution in [3.8, 4) is 0 Å². The summed E-state index contributed by atoms with van der Waals surface area (Å²) in [5.41, 5.74) is 0. The lowest BCUT2D eigenvalue weighted by atomic mass is 9.97. The molecule has 0 aliphatic carbocycles. The quantitative estimate of drug-likeness (QED) is 0.0204. The Hall–Kier alpha value is -2.57. The first-order chi connectivity index (χ1) is 44.1. The third-order valence-corrected chi connectivity index (χ3v) is 17.8. The molecular formula is C76H137NO13. The highest BCUT2D eigenvalue weighted by atomic mass is 16.7. The minimum atomic E-state index is -1.79. The van der Waals surface area contributed by atoms with Gasteiger partial charge in [-0.05, 0) is 83.5 Å². The number of nitrogens with one attached hydrogen (secondary N) is 1. The van der Waals surface area contributed by atoms with Crippen LogP contribution in [0.25, 0.3) is 0 Å². The number of hydrogen-bond donors (Lipinski definition) is 9. The molecule has 0 aromatic heterocycles. The predicted molar refractivity (Wildman–Crippen MR) is 369 cm³/mol. The van der Waals surface area contributed by atoms with Crippen molar-refractivity contribution in [2.24, 2.45) is 0 Å². The van der Waals surface area contributed by atoms with E-state index in [1.165, 1.54) is 218 Å². The van der Waals surface area contributed by atoms with Crippen molar-refractivity contribution in [2.45, 2.75) is 383 Å². The Bertz CT molecular complexity index is 1790. The van der Waals surface area contributed by atoms with Gasteiger partial charge in [0.2, 0.25) is 5.91 Å². The van der Waals surface area contributed by atoms with Gasteiger partial charge in [0.25, 0.3) is 0 Å². The topological polar surface area (TPSA) is 228 Å². The summed E-state index contributed by atoms with van der Waals surface area (Å²) in [6.45, 7) is 2.76. The molecule has 2 rings (SSSR count). The molecule has 90 heavy (non-hydrogen) atoms. The fraction of sp³-hybridized carbons (Fsp3) is 0.829. The molecule has 2 aliphatic heterocycles. The summed E-state index contributed by atoms with van der Waals surface area (Å²) in [5.74, 6) is -0.250. The standard InChI is InChI=1S/C76H137NO13/c1-3-5-7-9-11-13-15-17-19-20-21-22-23-24-25-26-27-28-29-30-31-32-33-34-35-36-37-38-39-40-41-42-43-44-46-48-50-52-54-56-58-60-68(81)77-64(65(80)59-57-55-53-51-49-47-45-18-16-14-12-10-8-6-4-2)63-87-75-73(86)71(84)74(67(62-79)89-75)90-76-72(85)70(83)69(82)66(61-78)88-76/h15-18,20-21,23-24,49,51,57,59,64-67,69-76,78-80,82-86H,3-14,19,22,25-48,50,52-56,58,60-63H2,1-2H3,(H,77,81)/b17-15-,18-16+,21-20-,24-23-,51-49+,59-57+. The van der Waals surface area contributed by atoms with E-state index >= 15 is 0 Å². The average molecular weight is 1270 g/mol. The van der Waals surface area contributed by atoms with Crippen molar-refractivity contribution in [2.75, 3.05) is 19.8 Å². The van der Waals surface area contributed by atoms with Crippen molar-refractivity contribution in [3.63, 3.8) is 0 Å². The van der Waals surface area contributed by atoms with Gasteiger partial charge in [-0.1, -0.05) is 292 Å². The summed E-state index contributed by atoms with van der Waals surface area (Å²) < 4.78 is 22.8. The molecule has 0 saturated carbocycles. The number of unbranched alkanes of at least 4 members (excludes halogenated alkanes) is 38. The van der Waals surface area contributed by atoms with E-state index in [0.29, 0.717) is 12.8 Å². The van der Waals surface area contributed by atoms with E-state index in [9.17, 15) is 45.6 Å². The number of hydrogen-bond acceptors (Lipinski definition) is 13. The molecule has 0 aromatic rings. The highest BCUT2D eigenvalue weighted by molar-refractivity contribution is 5.76. The van der Waals surface area contributed by atoms with E-state index in [1.807, 2.05) is 6.08 Å². The second-order valence-electron chi connectivity index (χ2n) is 26.1. The van der Waals surface area contributed by atoms with Crippen molar-refractivity contribution >= 4 is 5.91 Å². The SMILES string of the molecule is CCCCCCC/C=C\C/C=C\C/C=C\CCCCCCCCCCCCCCCCCCCCCCCCCCCCC(=O)NC(COC1OC(CO)C(OC2OC(CO)C(O)C(O)C2O)C(O)C1O)C(O)/C=C/CC/C=C/CC/C=C/CCCCCCC. The van der Waals surface area contributed by atoms with E-state index < -0.39 is 86.8 Å². The fourth-order valence-electron chi connectivity index (χ4n) is 11.9. The zero-order valence-corrected chi connectivity index (χ0v) is 57.1. The Morgan fingerprint density at radius 1 is 0.400 bits per heavy atom. The third kappa shape index (κ3) is 43.4. The highest BCUT2D eigenvalue weighted by Gasteiger charge is 2.51. The Labute approximate surface area is 548 Å². The van der Waals surface area contributed by atoms with E-state index in [-0.39, 0.29) is 18.9 Å². The van der Waals surface area contributed by atoms with Crippen LogP contribution < -0.4 is 5.32 Å². The Balaban J connectivity index is 1.55. The lowest BCUT2D eigenvalue weighted by molar-refractivity contribution is -0.359. The molecule has 14 nitrogen and oxygen atoms in total. The number of carbonyl (C=O) groups excluding carboxylic acids is 1. The van der Waals surface area contributed by atoms with Crippen LogP contribution in [-0.2, 0) is 23.7 Å². The maximum Gasteiger partial charge on any atom is 0.220 e. The van der Waals surface area contributed by atoms with Gasteiger partial charge in [-0.15, -0.1) is 0 Å². The lowest BCUT2D eigenvalue weighted by Gasteiger charge is -2.46. The first-order valence-electron chi connectivity index (χ1n) is 37.2. The Kier molecular flexibility index (Phi) is 55.8. The molecule has 2 aliphatic rings. The smallest absolute Gasteiger partial charge is 0.220 e. The van der Waals surface area contributed by atoms with Gasteiger partial charge < -0.3 is 65.1 Å². The summed E-state index contributed by atoms with van der Waals surface area (Å²) in [6.07, 6.45) is 65.7. The molecule has 12 atom stereocenters. The average Bonchev–Trinajstić information content (AvgIpc) is 1.58. The molecule has 0 bridgehead atoms. The molecule has 0 radical (unpaired) electrons. The molecular weight excluding hydrogens is 1130 g/mol. The van der Waals surface area contributed by atoms with Gasteiger partial charge in [0, 0.05) is 6.42 Å². The maximum absolute atomic E-state index is 13.3. The first kappa shape index (κ1) is 83.5. The van der Waals surface area contributed by atoms with Crippen LogP contribution in [0.5, 0.6) is 0 Å². The molecule has 2 saturated heterocycles. The van der Waals surface area contributed by atoms with Crippen LogP contribution in [0.4, 0.5) is 0 Å². The maximum atomic E-state index is 13.3. The van der Waals surface area contributed by atoms with Crippen LogP contribution in [0.15, 0.2) is 72.9 Å². The molecule has 2 fully saturated rings. The van der Waals surface area contributed by atoms with Gasteiger partial charge in [-0.25, -0.2) is 0 Å². The summed E-state index contributed by atoms with van der Waals surface area (Å²) in [5, 5.41) is 87.3. The number of amides is 1. The first-order valence-corrected chi connectivity index (χ1v) is 37.2. The molecule has 9 N–H and O–H groups in total. The second kappa shape index (κ2) is 60.1. The fourth-order valence-corrected chi connectivity index (χ4v) is 11.9. The molecule has 0 spiro atoms. The van der Waals surface area contributed by atoms with Gasteiger partial charge >= 0.3 is 0 Å². The monoisotopic (exact) mass is 1270 g/mol. The number of aliphatic hydroxyl groups excluding tert-OH is 8. The Morgan fingerprint density at radius 3 is 1.17 bits per heavy atom. The molecule has 14 heteroatoms. The van der Waals surface area contributed by atoms with E-state index in [4.69, 9.17) is 18.9 Å². The third-order valence-electron chi connectivity index (χ3n) is 17.8. The van der Waals surface area contributed by atoms with Gasteiger partial charge in [0.1, 0.15) is 48.8 Å². The van der Waals surface area contributed by atoms with E-state index in [1.54, 1.807) is 6.08 Å². The number of allylic oxidation sites excluding steroid dienone is 11. The summed E-state index contributed by atoms with van der Waals surface area (Å²) >= 11 is 0. The van der Waals surface area contributed by atoms with Crippen LogP contribution in [0.2, 0.25) is 0 Å². The largest absolute Gasteiger partial charge is 0.394 e. The molecule has 524 valence electrons. The van der Waals surface area contributed by atoms with Crippen LogP contribution in [0.1, 0.15) is 309 Å². The van der Waals surface area contributed by atoms with Gasteiger partial charge in [-0.2, -0.15) is 0 Å². The normalized spacial score (nSPS) is 23.3. The molecule has 1 amide bonds. The lowest BCUT2D eigenvalue weighted by Crippen LogP contribution is -2.65. The predicted octanol–water partition coefficient (Wildman–Crippen LogP) is 15.8. The molecule has 2 heterocycles. The second-order valence-corrected chi connectivity index (χ2v) is 26.1. The van der Waals surface area contributed by atoms with Crippen molar-refractivity contribution in [3.05, 3.63) is 72.9 Å². The van der Waals surface area contributed by atoms with Crippen LogP contribution >= 0.6 is 0 Å². The van der Waals surface area contributed by atoms with Crippen molar-refractivity contribution < 1.29 is 64.6 Å². The minimum absolute atomic E-state index is 0.250. The number of rotatable bonds is 61. The van der Waals surface area contributed by atoms with Crippen LogP contribution in [0.3, 0.4) is 0 Å². The zero-order valence-electron chi connectivity index (χ0n) is 57.1. The van der Waals surface area contributed by atoms with E-state index in [2.05, 4.69) is 79.9 Å². The van der Waals surface area contributed by atoms with Crippen LogP contribution in [0, 0.1) is 0 Å². The van der Waals surface area contributed by atoms with Crippen LogP contribution in [-0.4, -0.2) is 140 Å². The van der Waals surface area contributed by atoms with Gasteiger partial charge in [0.15, 0.2) is 12.6 Å². The summed E-state index contributed by atoms with van der Waals surface area (Å²) in [6, 6.07) is -0.939.